The molecule has 20 heavy (non-hydrogen) atoms. The van der Waals surface area contributed by atoms with Gasteiger partial charge in [-0.1, -0.05) is 35.9 Å². The van der Waals surface area contributed by atoms with E-state index in [0.717, 1.165) is 10.4 Å². The van der Waals surface area contributed by atoms with Crippen LogP contribution in [-0.2, 0) is 0 Å². The maximum atomic E-state index is 3.65. The average molecular weight is 330 g/mol. The molecule has 0 heterocycles. The topological polar surface area (TPSA) is 12.0 Å². The van der Waals surface area contributed by atoms with Crippen LogP contribution in [0.2, 0.25) is 0 Å². The molecule has 0 saturated heterocycles. The summed E-state index contributed by atoms with van der Waals surface area (Å²) in [6.07, 6.45) is 2.45. The summed E-state index contributed by atoms with van der Waals surface area (Å²) in [5.41, 5.74) is 5.34. The van der Waals surface area contributed by atoms with Crippen LogP contribution in [-0.4, -0.2) is 6.04 Å². The number of hydrogen-bond acceptors (Lipinski definition) is 1. The molecule has 1 saturated carbocycles. The number of halogens is 1. The van der Waals surface area contributed by atoms with Crippen molar-refractivity contribution >= 4 is 21.6 Å². The summed E-state index contributed by atoms with van der Waals surface area (Å²) in [6.45, 7) is 4.28. The number of hydrogen-bond donors (Lipinski definition) is 1. The molecule has 0 aliphatic heterocycles. The van der Waals surface area contributed by atoms with Crippen molar-refractivity contribution in [2.45, 2.75) is 38.6 Å². The van der Waals surface area contributed by atoms with Crippen molar-refractivity contribution in [3.63, 3.8) is 0 Å². The summed E-state index contributed by atoms with van der Waals surface area (Å²) in [7, 11) is 0. The van der Waals surface area contributed by atoms with Crippen molar-refractivity contribution < 1.29 is 0 Å². The maximum absolute atomic E-state index is 3.65. The Morgan fingerprint density at radius 3 is 2.30 bits per heavy atom. The summed E-state index contributed by atoms with van der Waals surface area (Å²) in [6, 6.07) is 16.0. The molecule has 0 unspecified atom stereocenters. The molecule has 104 valence electrons. The van der Waals surface area contributed by atoms with E-state index in [4.69, 9.17) is 0 Å². The van der Waals surface area contributed by atoms with E-state index in [9.17, 15) is 0 Å². The van der Waals surface area contributed by atoms with Gasteiger partial charge in [-0.2, -0.15) is 0 Å². The lowest BCUT2D eigenvalue weighted by Gasteiger charge is -2.37. The first-order valence-electron chi connectivity index (χ1n) is 7.21. The Morgan fingerprint density at radius 2 is 1.60 bits per heavy atom. The van der Waals surface area contributed by atoms with E-state index in [1.807, 2.05) is 0 Å². The quantitative estimate of drug-likeness (QED) is 0.792. The Labute approximate surface area is 129 Å². The first-order valence-corrected chi connectivity index (χ1v) is 8.00. The van der Waals surface area contributed by atoms with Crippen molar-refractivity contribution in [3.05, 3.63) is 63.6 Å². The normalized spacial score (nSPS) is 21.4. The molecule has 1 aliphatic rings. The van der Waals surface area contributed by atoms with Crippen LogP contribution in [0.5, 0.6) is 0 Å². The van der Waals surface area contributed by atoms with Gasteiger partial charge in [0.2, 0.25) is 0 Å². The van der Waals surface area contributed by atoms with E-state index >= 15 is 0 Å². The lowest BCUT2D eigenvalue weighted by Crippen LogP contribution is -2.34. The van der Waals surface area contributed by atoms with Gasteiger partial charge in [-0.25, -0.2) is 0 Å². The minimum atomic E-state index is 0.597. The third-order valence-electron chi connectivity index (χ3n) is 4.17. The second kappa shape index (κ2) is 5.61. The second-order valence-electron chi connectivity index (χ2n) is 5.90. The first kappa shape index (κ1) is 13.7. The summed E-state index contributed by atoms with van der Waals surface area (Å²) < 4.78 is 1.15. The van der Waals surface area contributed by atoms with E-state index in [1.54, 1.807) is 0 Å². The molecule has 0 aromatic heterocycles. The summed E-state index contributed by atoms with van der Waals surface area (Å²) in [5, 5.41) is 3.65. The largest absolute Gasteiger partial charge is 0.381 e. The molecule has 2 aromatic rings. The van der Waals surface area contributed by atoms with E-state index in [1.165, 1.54) is 35.2 Å². The molecule has 1 nitrogen and oxygen atoms in total. The van der Waals surface area contributed by atoms with Crippen LogP contribution in [0.15, 0.2) is 46.9 Å². The van der Waals surface area contributed by atoms with Gasteiger partial charge in [0.05, 0.1) is 0 Å². The van der Waals surface area contributed by atoms with Gasteiger partial charge in [-0.15, -0.1) is 0 Å². The van der Waals surface area contributed by atoms with Crippen LogP contribution in [0.4, 0.5) is 5.69 Å². The highest BCUT2D eigenvalue weighted by molar-refractivity contribution is 9.10. The summed E-state index contributed by atoms with van der Waals surface area (Å²) in [4.78, 5) is 0. The third kappa shape index (κ3) is 2.90. The molecular weight excluding hydrogens is 310 g/mol. The molecule has 0 amide bonds. The van der Waals surface area contributed by atoms with Gasteiger partial charge in [0.25, 0.3) is 0 Å². The minimum Gasteiger partial charge on any atom is -0.381 e. The average Bonchev–Trinajstić information content (AvgIpc) is 2.39. The van der Waals surface area contributed by atoms with Gasteiger partial charge < -0.3 is 5.32 Å². The molecule has 1 fully saturated rings. The molecule has 0 bridgehead atoms. The Balaban J connectivity index is 1.60. The summed E-state index contributed by atoms with van der Waals surface area (Å²) >= 11 is 3.62. The van der Waals surface area contributed by atoms with Crippen LogP contribution in [0.1, 0.15) is 35.4 Å². The van der Waals surface area contributed by atoms with Gasteiger partial charge in [-0.3, -0.25) is 0 Å². The lowest BCUT2D eigenvalue weighted by molar-refractivity contribution is 0.374. The molecule has 2 heteroatoms. The fourth-order valence-electron chi connectivity index (χ4n) is 2.82. The Hall–Kier alpha value is -1.28. The third-order valence-corrected chi connectivity index (χ3v) is 4.86. The van der Waals surface area contributed by atoms with Gasteiger partial charge in [0.15, 0.2) is 0 Å². The number of aryl methyl sites for hydroxylation is 2. The van der Waals surface area contributed by atoms with Crippen molar-refractivity contribution in [2.75, 3.05) is 5.32 Å². The fourth-order valence-corrected chi connectivity index (χ4v) is 3.18. The number of benzene rings is 2. The smallest absolute Gasteiger partial charge is 0.0489 e. The van der Waals surface area contributed by atoms with Gasteiger partial charge in [-0.05, 0) is 71.8 Å². The van der Waals surface area contributed by atoms with E-state index in [2.05, 4.69) is 77.6 Å². The van der Waals surface area contributed by atoms with Crippen molar-refractivity contribution in [1.29, 1.82) is 0 Å². The zero-order valence-corrected chi connectivity index (χ0v) is 13.6. The molecule has 1 aliphatic carbocycles. The monoisotopic (exact) mass is 329 g/mol. The highest BCUT2D eigenvalue weighted by atomic mass is 79.9. The van der Waals surface area contributed by atoms with E-state index < -0.39 is 0 Å². The zero-order valence-electron chi connectivity index (χ0n) is 12.0. The molecule has 2 aromatic carbocycles. The Kier molecular flexibility index (Phi) is 3.84. The predicted octanol–water partition coefficient (Wildman–Crippen LogP) is 5.42. The van der Waals surface area contributed by atoms with Gasteiger partial charge >= 0.3 is 0 Å². The number of anilines is 1. The lowest BCUT2D eigenvalue weighted by atomic mass is 9.75. The van der Waals surface area contributed by atoms with E-state index in [0.29, 0.717) is 6.04 Å². The van der Waals surface area contributed by atoms with Crippen LogP contribution < -0.4 is 5.32 Å². The Bertz CT molecular complexity index is 597. The molecule has 0 spiro atoms. The highest BCUT2D eigenvalue weighted by Crippen LogP contribution is 2.39. The number of nitrogens with one attached hydrogen (secondary N) is 1. The first-order chi connectivity index (χ1) is 9.61. The van der Waals surface area contributed by atoms with Crippen molar-refractivity contribution in [1.82, 2.24) is 0 Å². The van der Waals surface area contributed by atoms with Gasteiger partial charge in [0, 0.05) is 16.2 Å². The molecule has 1 N–H and O–H groups in total. The number of rotatable bonds is 3. The van der Waals surface area contributed by atoms with E-state index in [-0.39, 0.29) is 0 Å². The standard InChI is InChI=1S/C18H20BrN/c1-12-3-6-14(7-4-12)15-10-16(11-15)20-18-9-13(2)5-8-17(18)19/h3-9,15-16,20H,10-11H2,1-2H3. The Morgan fingerprint density at radius 1 is 0.950 bits per heavy atom. The SMILES string of the molecule is Cc1ccc(C2CC(Nc3cc(C)ccc3Br)C2)cc1. The molecular formula is C18H20BrN. The van der Waals surface area contributed by atoms with Crippen LogP contribution >= 0.6 is 15.9 Å². The minimum absolute atomic E-state index is 0.597. The molecule has 3 rings (SSSR count). The predicted molar refractivity (Wildman–Crippen MR) is 89.4 cm³/mol. The van der Waals surface area contributed by atoms with Crippen LogP contribution in [0.3, 0.4) is 0 Å². The van der Waals surface area contributed by atoms with Crippen LogP contribution in [0, 0.1) is 13.8 Å². The van der Waals surface area contributed by atoms with Crippen molar-refractivity contribution in [3.8, 4) is 0 Å². The summed E-state index contributed by atoms with van der Waals surface area (Å²) in [5.74, 6) is 0.719. The molecule has 0 radical (unpaired) electrons. The fraction of sp³-hybridized carbons (Fsp3) is 0.333. The highest BCUT2D eigenvalue weighted by Gasteiger charge is 2.30. The zero-order chi connectivity index (χ0) is 14.1. The second-order valence-corrected chi connectivity index (χ2v) is 6.76. The van der Waals surface area contributed by atoms with Gasteiger partial charge in [0.1, 0.15) is 0 Å². The van der Waals surface area contributed by atoms with Crippen molar-refractivity contribution in [2.24, 2.45) is 0 Å². The van der Waals surface area contributed by atoms with Crippen LogP contribution in [0.25, 0.3) is 0 Å². The molecule has 0 atom stereocenters. The maximum Gasteiger partial charge on any atom is 0.0489 e.